The van der Waals surface area contributed by atoms with Crippen molar-refractivity contribution in [2.24, 2.45) is 0 Å². The smallest absolute Gasteiger partial charge is 0.107 e. The van der Waals surface area contributed by atoms with Crippen molar-refractivity contribution < 1.29 is 4.74 Å². The molecular formula is C11H13BrOS. The Bertz CT molecular complexity index is 280. The Balaban J connectivity index is 1.92. The van der Waals surface area contributed by atoms with Crippen LogP contribution in [0.2, 0.25) is 0 Å². The van der Waals surface area contributed by atoms with Gasteiger partial charge in [0.1, 0.15) is 5.44 Å². The standard InChI is InChI=1S/C11H13BrOS/c12-9-4-6-10(7-5-9)14-11-3-1-2-8-13-11/h4-7,11H,1-3,8H2. The fourth-order valence-corrected chi connectivity index (χ4v) is 2.78. The number of halogens is 1. The van der Waals surface area contributed by atoms with Crippen LogP contribution < -0.4 is 0 Å². The maximum Gasteiger partial charge on any atom is 0.107 e. The van der Waals surface area contributed by atoms with Gasteiger partial charge < -0.3 is 4.74 Å². The third kappa shape index (κ3) is 3.01. The highest BCUT2D eigenvalue weighted by Gasteiger charge is 2.14. The molecule has 1 atom stereocenters. The first-order chi connectivity index (χ1) is 6.84. The van der Waals surface area contributed by atoms with Crippen LogP contribution in [0.4, 0.5) is 0 Å². The highest BCUT2D eigenvalue weighted by molar-refractivity contribution is 9.10. The van der Waals surface area contributed by atoms with Gasteiger partial charge in [0.2, 0.25) is 0 Å². The van der Waals surface area contributed by atoms with Crippen molar-refractivity contribution in [1.82, 2.24) is 0 Å². The molecule has 1 aliphatic rings. The van der Waals surface area contributed by atoms with Gasteiger partial charge in [-0.25, -0.2) is 0 Å². The molecule has 1 aromatic carbocycles. The molecule has 0 aliphatic carbocycles. The van der Waals surface area contributed by atoms with Crippen LogP contribution in [-0.4, -0.2) is 12.0 Å². The summed E-state index contributed by atoms with van der Waals surface area (Å²) in [7, 11) is 0. The van der Waals surface area contributed by atoms with Crippen LogP contribution in [0.25, 0.3) is 0 Å². The second-order valence-electron chi connectivity index (χ2n) is 3.37. The van der Waals surface area contributed by atoms with Crippen LogP contribution in [0, 0.1) is 0 Å². The minimum Gasteiger partial charge on any atom is -0.367 e. The molecule has 0 bridgehead atoms. The van der Waals surface area contributed by atoms with Gasteiger partial charge in [0, 0.05) is 16.0 Å². The van der Waals surface area contributed by atoms with Gasteiger partial charge in [-0.05, 0) is 43.5 Å². The minimum absolute atomic E-state index is 0.366. The van der Waals surface area contributed by atoms with E-state index in [4.69, 9.17) is 4.74 Å². The van der Waals surface area contributed by atoms with Crippen LogP contribution in [0.3, 0.4) is 0 Å². The molecule has 1 nitrogen and oxygen atoms in total. The van der Waals surface area contributed by atoms with E-state index in [1.807, 2.05) is 11.8 Å². The fourth-order valence-electron chi connectivity index (χ4n) is 1.47. The Labute approximate surface area is 97.4 Å². The zero-order valence-electron chi connectivity index (χ0n) is 7.91. The van der Waals surface area contributed by atoms with Crippen molar-refractivity contribution in [2.45, 2.75) is 29.6 Å². The summed E-state index contributed by atoms with van der Waals surface area (Å²) in [5, 5.41) is 0. The molecule has 1 heterocycles. The largest absolute Gasteiger partial charge is 0.367 e. The van der Waals surface area contributed by atoms with E-state index >= 15 is 0 Å². The monoisotopic (exact) mass is 272 g/mol. The third-order valence-corrected chi connectivity index (χ3v) is 3.93. The SMILES string of the molecule is Brc1ccc(SC2CCCCO2)cc1. The van der Waals surface area contributed by atoms with Crippen LogP contribution in [0.5, 0.6) is 0 Å². The Hall–Kier alpha value is 0.01000. The van der Waals surface area contributed by atoms with Crippen molar-refractivity contribution >= 4 is 27.7 Å². The average Bonchev–Trinajstić information content (AvgIpc) is 2.23. The lowest BCUT2D eigenvalue weighted by molar-refractivity contribution is 0.0728. The first-order valence-electron chi connectivity index (χ1n) is 4.88. The van der Waals surface area contributed by atoms with Gasteiger partial charge in [0.25, 0.3) is 0 Å². The van der Waals surface area contributed by atoms with Crippen LogP contribution in [0.15, 0.2) is 33.6 Å². The Morgan fingerprint density at radius 1 is 1.21 bits per heavy atom. The quantitative estimate of drug-likeness (QED) is 0.803. The molecule has 1 aromatic rings. The lowest BCUT2D eigenvalue weighted by Crippen LogP contribution is -2.14. The van der Waals surface area contributed by atoms with Crippen LogP contribution in [0.1, 0.15) is 19.3 Å². The number of hydrogen-bond acceptors (Lipinski definition) is 2. The van der Waals surface area contributed by atoms with E-state index in [1.165, 1.54) is 24.2 Å². The van der Waals surface area contributed by atoms with Gasteiger partial charge in [-0.2, -0.15) is 0 Å². The van der Waals surface area contributed by atoms with Gasteiger partial charge in [0.15, 0.2) is 0 Å². The third-order valence-electron chi connectivity index (χ3n) is 2.22. The number of ether oxygens (including phenoxy) is 1. The number of benzene rings is 1. The summed E-state index contributed by atoms with van der Waals surface area (Å²) >= 11 is 5.26. The van der Waals surface area contributed by atoms with E-state index in [1.54, 1.807) is 0 Å². The molecule has 1 saturated heterocycles. The topological polar surface area (TPSA) is 9.23 Å². The molecule has 0 aromatic heterocycles. The average molecular weight is 273 g/mol. The predicted octanol–water partition coefficient (Wildman–Crippen LogP) is 4.07. The molecule has 76 valence electrons. The maximum atomic E-state index is 5.66. The van der Waals surface area contributed by atoms with Crippen molar-refractivity contribution in [3.8, 4) is 0 Å². The minimum atomic E-state index is 0.366. The summed E-state index contributed by atoms with van der Waals surface area (Å²) in [6.45, 7) is 0.925. The van der Waals surface area contributed by atoms with Gasteiger partial charge in [0.05, 0.1) is 0 Å². The maximum absolute atomic E-state index is 5.66. The molecule has 3 heteroatoms. The van der Waals surface area contributed by atoms with Gasteiger partial charge in [-0.15, -0.1) is 0 Å². The highest BCUT2D eigenvalue weighted by Crippen LogP contribution is 2.30. The van der Waals surface area contributed by atoms with E-state index in [0.29, 0.717) is 5.44 Å². The molecule has 14 heavy (non-hydrogen) atoms. The molecule has 1 fully saturated rings. The Morgan fingerprint density at radius 2 is 2.00 bits per heavy atom. The van der Waals surface area contributed by atoms with Gasteiger partial charge in [-0.1, -0.05) is 27.7 Å². The second kappa shape index (κ2) is 5.19. The van der Waals surface area contributed by atoms with Crippen LogP contribution >= 0.6 is 27.7 Å². The fraction of sp³-hybridized carbons (Fsp3) is 0.455. The number of rotatable bonds is 2. The van der Waals surface area contributed by atoms with Gasteiger partial charge >= 0.3 is 0 Å². The molecule has 0 radical (unpaired) electrons. The summed E-state index contributed by atoms with van der Waals surface area (Å²) in [6, 6.07) is 8.41. The summed E-state index contributed by atoms with van der Waals surface area (Å²) in [5.74, 6) is 0. The second-order valence-corrected chi connectivity index (χ2v) is 5.52. The molecule has 0 saturated carbocycles. The molecule has 2 rings (SSSR count). The molecular weight excluding hydrogens is 260 g/mol. The summed E-state index contributed by atoms with van der Waals surface area (Å²) in [4.78, 5) is 1.29. The molecule has 1 aliphatic heterocycles. The van der Waals surface area contributed by atoms with Crippen molar-refractivity contribution in [3.05, 3.63) is 28.7 Å². The Kier molecular flexibility index (Phi) is 3.90. The lowest BCUT2D eigenvalue weighted by atomic mass is 10.2. The summed E-state index contributed by atoms with van der Waals surface area (Å²) in [5.41, 5.74) is 0.366. The Morgan fingerprint density at radius 3 is 2.64 bits per heavy atom. The van der Waals surface area contributed by atoms with Crippen molar-refractivity contribution in [1.29, 1.82) is 0 Å². The zero-order chi connectivity index (χ0) is 9.80. The summed E-state index contributed by atoms with van der Waals surface area (Å²) < 4.78 is 6.79. The van der Waals surface area contributed by atoms with Crippen LogP contribution in [-0.2, 0) is 4.74 Å². The molecule has 0 N–H and O–H groups in total. The van der Waals surface area contributed by atoms with E-state index in [2.05, 4.69) is 40.2 Å². The van der Waals surface area contributed by atoms with Gasteiger partial charge in [-0.3, -0.25) is 0 Å². The molecule has 0 amide bonds. The van der Waals surface area contributed by atoms with E-state index in [0.717, 1.165) is 11.1 Å². The van der Waals surface area contributed by atoms with E-state index < -0.39 is 0 Å². The van der Waals surface area contributed by atoms with E-state index in [-0.39, 0.29) is 0 Å². The lowest BCUT2D eigenvalue weighted by Gasteiger charge is -2.21. The summed E-state index contributed by atoms with van der Waals surface area (Å²) in [6.07, 6.45) is 3.70. The highest BCUT2D eigenvalue weighted by atomic mass is 79.9. The molecule has 0 spiro atoms. The predicted molar refractivity (Wildman–Crippen MR) is 63.6 cm³/mol. The number of thioether (sulfide) groups is 1. The number of hydrogen-bond donors (Lipinski definition) is 0. The normalized spacial score (nSPS) is 22.2. The first-order valence-corrected chi connectivity index (χ1v) is 6.56. The zero-order valence-corrected chi connectivity index (χ0v) is 10.3. The first kappa shape index (κ1) is 10.5. The van der Waals surface area contributed by atoms with E-state index in [9.17, 15) is 0 Å². The van der Waals surface area contributed by atoms with Crippen molar-refractivity contribution in [2.75, 3.05) is 6.61 Å². The van der Waals surface area contributed by atoms with Crippen molar-refractivity contribution in [3.63, 3.8) is 0 Å². The molecule has 1 unspecified atom stereocenters.